The van der Waals surface area contributed by atoms with E-state index >= 15 is 0 Å². The number of halogens is 1. The summed E-state index contributed by atoms with van der Waals surface area (Å²) in [5.74, 6) is 1.26. The van der Waals surface area contributed by atoms with Crippen molar-refractivity contribution in [3.05, 3.63) is 81.2 Å². The second-order valence-electron chi connectivity index (χ2n) is 5.79. The number of H-pyrrole nitrogens is 1. The molecule has 1 aromatic heterocycles. The van der Waals surface area contributed by atoms with E-state index in [1.54, 1.807) is 19.4 Å². The minimum absolute atomic E-state index is 0.00751. The highest BCUT2D eigenvalue weighted by Crippen LogP contribution is 2.27. The number of ether oxygens (including phenoxy) is 2. The average Bonchev–Trinajstić information content (AvgIpc) is 2.72. The van der Waals surface area contributed by atoms with Gasteiger partial charge in [-0.05, 0) is 29.3 Å². The molecule has 2 N–H and O–H groups in total. The predicted octanol–water partition coefficient (Wildman–Crippen LogP) is 3.50. The molecule has 2 aromatic carbocycles. The summed E-state index contributed by atoms with van der Waals surface area (Å²) in [5.41, 5.74) is 4.52. The molecule has 0 spiro atoms. The maximum absolute atomic E-state index is 11.4. The van der Waals surface area contributed by atoms with Crippen molar-refractivity contribution in [2.45, 2.75) is 6.42 Å². The number of benzene rings is 2. The fraction of sp³-hybridized carbons (Fsp3) is 0.150. The van der Waals surface area contributed by atoms with E-state index in [2.05, 4.69) is 32.9 Å². The molecule has 0 radical (unpaired) electrons. The molecule has 0 atom stereocenters. The van der Waals surface area contributed by atoms with Gasteiger partial charge in [0.2, 0.25) is 0 Å². The highest BCUT2D eigenvalue weighted by Gasteiger charge is 2.06. The number of nitrogens with zero attached hydrogens (tertiary/aromatic N) is 2. The summed E-state index contributed by atoms with van der Waals surface area (Å²) in [5, 5.41) is 9.97. The van der Waals surface area contributed by atoms with Crippen LogP contribution in [0.1, 0.15) is 11.1 Å². The molecule has 7 nitrogen and oxygen atoms in total. The van der Waals surface area contributed by atoms with E-state index in [1.807, 2.05) is 30.3 Å². The van der Waals surface area contributed by atoms with Crippen LogP contribution in [0.4, 0.5) is 5.69 Å². The van der Waals surface area contributed by atoms with Crippen LogP contribution in [0.5, 0.6) is 11.5 Å². The van der Waals surface area contributed by atoms with Gasteiger partial charge >= 0.3 is 0 Å². The molecule has 3 aromatic rings. The number of hydrogen-bond donors (Lipinski definition) is 2. The van der Waals surface area contributed by atoms with Gasteiger partial charge in [-0.1, -0.05) is 41.9 Å². The van der Waals surface area contributed by atoms with Crippen LogP contribution in [0.15, 0.2) is 64.6 Å². The van der Waals surface area contributed by atoms with Crippen molar-refractivity contribution in [3.8, 4) is 11.5 Å². The number of aromatic amines is 1. The Labute approximate surface area is 167 Å². The zero-order chi connectivity index (χ0) is 19.8. The molecular weight excluding hydrogens is 380 g/mol. The molecule has 0 aliphatic carbocycles. The number of hydrazone groups is 1. The first kappa shape index (κ1) is 19.4. The van der Waals surface area contributed by atoms with Gasteiger partial charge in [-0.15, -0.1) is 0 Å². The summed E-state index contributed by atoms with van der Waals surface area (Å²) in [6, 6.07) is 15.6. The van der Waals surface area contributed by atoms with Crippen molar-refractivity contribution in [3.63, 3.8) is 0 Å². The predicted molar refractivity (Wildman–Crippen MR) is 110 cm³/mol. The molecule has 3 rings (SSSR count). The topological polar surface area (TPSA) is 88.6 Å². The number of hydrogen-bond acceptors (Lipinski definition) is 6. The molecule has 144 valence electrons. The zero-order valence-corrected chi connectivity index (χ0v) is 15.9. The average molecular weight is 399 g/mol. The van der Waals surface area contributed by atoms with Gasteiger partial charge in [0.1, 0.15) is 10.7 Å². The van der Waals surface area contributed by atoms with Gasteiger partial charge in [0.25, 0.3) is 5.56 Å². The van der Waals surface area contributed by atoms with Crippen molar-refractivity contribution >= 4 is 23.5 Å². The van der Waals surface area contributed by atoms with Crippen molar-refractivity contribution in [2.75, 3.05) is 19.1 Å². The van der Waals surface area contributed by atoms with Crippen LogP contribution in [-0.4, -0.2) is 30.1 Å². The minimum Gasteiger partial charge on any atom is -0.493 e. The van der Waals surface area contributed by atoms with E-state index in [4.69, 9.17) is 21.1 Å². The van der Waals surface area contributed by atoms with Gasteiger partial charge in [-0.2, -0.15) is 10.2 Å². The standard InChI is InChI=1S/C20H19ClN4O3/c1-27-18-11-15(12-22-24-16-13-23-25-20(26)19(16)21)7-8-17(18)28-10-9-14-5-3-2-4-6-14/h2-8,11-13H,9-10H2,1H3,(H2,24,25,26)/b22-12+. The summed E-state index contributed by atoms with van der Waals surface area (Å²) in [7, 11) is 1.58. The van der Waals surface area contributed by atoms with Crippen molar-refractivity contribution in [2.24, 2.45) is 5.10 Å². The van der Waals surface area contributed by atoms with Crippen LogP contribution in [0, 0.1) is 0 Å². The van der Waals surface area contributed by atoms with Gasteiger partial charge in [0.05, 0.1) is 26.1 Å². The molecule has 0 fully saturated rings. The fourth-order valence-electron chi connectivity index (χ4n) is 2.45. The van der Waals surface area contributed by atoms with Gasteiger partial charge < -0.3 is 9.47 Å². The largest absolute Gasteiger partial charge is 0.493 e. The molecule has 0 unspecified atom stereocenters. The summed E-state index contributed by atoms with van der Waals surface area (Å²) < 4.78 is 11.2. The number of rotatable bonds is 8. The Bertz CT molecular complexity index is 1010. The van der Waals surface area contributed by atoms with Gasteiger partial charge in [0, 0.05) is 6.42 Å². The van der Waals surface area contributed by atoms with Crippen LogP contribution in [0.2, 0.25) is 5.02 Å². The molecule has 0 saturated heterocycles. The molecule has 0 amide bonds. The van der Waals surface area contributed by atoms with E-state index in [0.717, 1.165) is 12.0 Å². The Morgan fingerprint density at radius 3 is 2.82 bits per heavy atom. The van der Waals surface area contributed by atoms with Gasteiger partial charge in [0.15, 0.2) is 11.5 Å². The lowest BCUT2D eigenvalue weighted by Crippen LogP contribution is -2.10. The van der Waals surface area contributed by atoms with Crippen LogP contribution in [0.3, 0.4) is 0 Å². The van der Waals surface area contributed by atoms with Crippen LogP contribution >= 0.6 is 11.6 Å². The first-order valence-electron chi connectivity index (χ1n) is 8.54. The highest BCUT2D eigenvalue weighted by molar-refractivity contribution is 6.32. The van der Waals surface area contributed by atoms with E-state index in [-0.39, 0.29) is 5.02 Å². The Balaban J connectivity index is 1.62. The smallest absolute Gasteiger partial charge is 0.285 e. The maximum atomic E-state index is 11.4. The Hall–Kier alpha value is -3.32. The second-order valence-corrected chi connectivity index (χ2v) is 6.17. The molecule has 8 heteroatoms. The van der Waals surface area contributed by atoms with E-state index < -0.39 is 5.56 Å². The minimum atomic E-state index is -0.486. The third-order valence-electron chi connectivity index (χ3n) is 3.87. The van der Waals surface area contributed by atoms with Gasteiger partial charge in [-0.3, -0.25) is 10.2 Å². The third-order valence-corrected chi connectivity index (χ3v) is 4.25. The first-order valence-corrected chi connectivity index (χ1v) is 8.92. The van der Waals surface area contributed by atoms with Crippen LogP contribution < -0.4 is 20.5 Å². The normalized spacial score (nSPS) is 10.8. The molecule has 0 aliphatic heterocycles. The van der Waals surface area contributed by atoms with Crippen LogP contribution in [-0.2, 0) is 6.42 Å². The van der Waals surface area contributed by atoms with E-state index in [0.29, 0.717) is 23.8 Å². The summed E-state index contributed by atoms with van der Waals surface area (Å²) in [4.78, 5) is 11.4. The summed E-state index contributed by atoms with van der Waals surface area (Å²) in [6.45, 7) is 0.545. The van der Waals surface area contributed by atoms with E-state index in [1.165, 1.54) is 11.8 Å². The van der Waals surface area contributed by atoms with Gasteiger partial charge in [-0.25, -0.2) is 5.10 Å². The van der Waals surface area contributed by atoms with Crippen molar-refractivity contribution in [1.82, 2.24) is 10.2 Å². The highest BCUT2D eigenvalue weighted by atomic mass is 35.5. The number of anilines is 1. The third kappa shape index (κ3) is 5.11. The summed E-state index contributed by atoms with van der Waals surface area (Å²) >= 11 is 5.88. The Morgan fingerprint density at radius 1 is 1.21 bits per heavy atom. The lowest BCUT2D eigenvalue weighted by Gasteiger charge is -2.11. The summed E-state index contributed by atoms with van der Waals surface area (Å²) in [6.07, 6.45) is 3.77. The molecule has 0 bridgehead atoms. The van der Waals surface area contributed by atoms with Crippen LogP contribution in [0.25, 0.3) is 0 Å². The maximum Gasteiger partial charge on any atom is 0.285 e. The number of methoxy groups -OCH3 is 1. The Morgan fingerprint density at radius 2 is 2.04 bits per heavy atom. The fourth-order valence-corrected chi connectivity index (χ4v) is 2.58. The van der Waals surface area contributed by atoms with Crippen molar-refractivity contribution < 1.29 is 9.47 Å². The molecule has 0 saturated carbocycles. The quantitative estimate of drug-likeness (QED) is 0.448. The first-order chi connectivity index (χ1) is 13.7. The molecule has 1 heterocycles. The number of aromatic nitrogens is 2. The monoisotopic (exact) mass is 398 g/mol. The van der Waals surface area contributed by atoms with Crippen molar-refractivity contribution in [1.29, 1.82) is 0 Å². The molecule has 0 aliphatic rings. The second kappa shape index (κ2) is 9.57. The lowest BCUT2D eigenvalue weighted by molar-refractivity contribution is 0.297. The lowest BCUT2D eigenvalue weighted by atomic mass is 10.2. The zero-order valence-electron chi connectivity index (χ0n) is 15.2. The number of nitrogens with one attached hydrogen (secondary N) is 2. The van der Waals surface area contributed by atoms with E-state index in [9.17, 15) is 4.79 Å². The molecular formula is C20H19ClN4O3. The SMILES string of the molecule is COc1cc(/C=N/Nc2cn[nH]c(=O)c2Cl)ccc1OCCc1ccccc1. The molecule has 28 heavy (non-hydrogen) atoms. The Kier molecular flexibility index (Phi) is 6.64.